The zero-order chi connectivity index (χ0) is 19.8. The number of hydrogen-bond donors (Lipinski definition) is 0. The van der Waals surface area contributed by atoms with Crippen molar-refractivity contribution >= 4 is 32.9 Å². The van der Waals surface area contributed by atoms with E-state index in [1.807, 2.05) is 11.6 Å². The van der Waals surface area contributed by atoms with Gasteiger partial charge in [-0.25, -0.2) is 9.97 Å². The SMILES string of the molecule is CCCN(CC1CC1)c1nc(C)nc2c1nnn2-c1ccc(C(C)C)cc1Br. The van der Waals surface area contributed by atoms with Crippen LogP contribution in [0.4, 0.5) is 5.82 Å². The van der Waals surface area contributed by atoms with Gasteiger partial charge in [0.05, 0.1) is 5.69 Å². The highest BCUT2D eigenvalue weighted by atomic mass is 79.9. The second-order valence-electron chi connectivity index (χ2n) is 8.02. The molecule has 0 bridgehead atoms. The Labute approximate surface area is 174 Å². The Morgan fingerprint density at radius 3 is 2.68 bits per heavy atom. The first-order valence-electron chi connectivity index (χ1n) is 10.1. The Morgan fingerprint density at radius 1 is 1.25 bits per heavy atom. The van der Waals surface area contributed by atoms with Crippen LogP contribution in [0, 0.1) is 12.8 Å². The second-order valence-corrected chi connectivity index (χ2v) is 8.88. The molecule has 0 radical (unpaired) electrons. The third-order valence-corrected chi connectivity index (χ3v) is 5.86. The molecule has 2 heterocycles. The molecule has 1 aliphatic carbocycles. The third-order valence-electron chi connectivity index (χ3n) is 5.23. The number of aryl methyl sites for hydroxylation is 1. The highest BCUT2D eigenvalue weighted by molar-refractivity contribution is 9.10. The van der Waals surface area contributed by atoms with Crippen molar-refractivity contribution in [3.05, 3.63) is 34.1 Å². The van der Waals surface area contributed by atoms with Gasteiger partial charge in [-0.05, 0) is 71.6 Å². The van der Waals surface area contributed by atoms with Crippen LogP contribution >= 0.6 is 15.9 Å². The summed E-state index contributed by atoms with van der Waals surface area (Å²) in [5.41, 5.74) is 3.77. The fourth-order valence-corrected chi connectivity index (χ4v) is 4.07. The van der Waals surface area contributed by atoms with Crippen LogP contribution in [0.1, 0.15) is 57.3 Å². The normalized spacial score (nSPS) is 14.2. The van der Waals surface area contributed by atoms with Gasteiger partial charge in [-0.3, -0.25) is 0 Å². The number of aromatic nitrogens is 5. The molecule has 7 heteroatoms. The van der Waals surface area contributed by atoms with Crippen molar-refractivity contribution in [1.82, 2.24) is 25.0 Å². The van der Waals surface area contributed by atoms with E-state index in [0.717, 1.165) is 58.4 Å². The molecule has 0 N–H and O–H groups in total. The Morgan fingerprint density at radius 2 is 2.04 bits per heavy atom. The number of benzene rings is 1. The molecule has 3 aromatic rings. The molecule has 0 unspecified atom stereocenters. The van der Waals surface area contributed by atoms with Crippen LogP contribution in [0.25, 0.3) is 16.9 Å². The summed E-state index contributed by atoms with van der Waals surface area (Å²) in [4.78, 5) is 11.8. The molecule has 1 saturated carbocycles. The fraction of sp³-hybridized carbons (Fsp3) is 0.524. The minimum atomic E-state index is 0.471. The van der Waals surface area contributed by atoms with Crippen molar-refractivity contribution in [2.75, 3.05) is 18.0 Å². The topological polar surface area (TPSA) is 59.7 Å². The van der Waals surface area contributed by atoms with E-state index in [0.29, 0.717) is 5.92 Å². The lowest BCUT2D eigenvalue weighted by atomic mass is 10.0. The van der Waals surface area contributed by atoms with Crippen LogP contribution in [0.5, 0.6) is 0 Å². The van der Waals surface area contributed by atoms with Crippen molar-refractivity contribution in [2.24, 2.45) is 5.92 Å². The van der Waals surface area contributed by atoms with Crippen molar-refractivity contribution < 1.29 is 0 Å². The minimum absolute atomic E-state index is 0.471. The molecule has 6 nitrogen and oxygen atoms in total. The Balaban J connectivity index is 1.81. The summed E-state index contributed by atoms with van der Waals surface area (Å²) in [5, 5.41) is 8.94. The fourth-order valence-electron chi connectivity index (χ4n) is 3.51. The summed E-state index contributed by atoms with van der Waals surface area (Å²) in [7, 11) is 0. The molecule has 0 aliphatic heterocycles. The standard InChI is InChI=1S/C21H27BrN6/c1-5-10-27(12-15-6-7-15)20-19-21(24-14(4)23-20)28(26-25-19)18-9-8-16(13(2)3)11-17(18)22/h8-9,11,13,15H,5-7,10,12H2,1-4H3. The zero-order valence-electron chi connectivity index (χ0n) is 17.0. The van der Waals surface area contributed by atoms with E-state index in [2.05, 4.69) is 75.1 Å². The molecular formula is C21H27BrN6. The van der Waals surface area contributed by atoms with Gasteiger partial charge in [-0.15, -0.1) is 5.10 Å². The number of hydrogen-bond acceptors (Lipinski definition) is 5. The van der Waals surface area contributed by atoms with E-state index in [1.165, 1.54) is 18.4 Å². The number of fused-ring (bicyclic) bond motifs is 1. The summed E-state index contributed by atoms with van der Waals surface area (Å²) >= 11 is 3.71. The van der Waals surface area contributed by atoms with E-state index in [4.69, 9.17) is 4.98 Å². The largest absolute Gasteiger partial charge is 0.354 e. The van der Waals surface area contributed by atoms with Gasteiger partial charge in [-0.2, -0.15) is 4.68 Å². The molecule has 1 aliphatic rings. The molecule has 1 fully saturated rings. The van der Waals surface area contributed by atoms with Crippen LogP contribution in [0.2, 0.25) is 0 Å². The van der Waals surface area contributed by atoms with Gasteiger partial charge in [0.15, 0.2) is 17.0 Å². The summed E-state index contributed by atoms with van der Waals surface area (Å²) in [5.74, 6) is 2.92. The summed E-state index contributed by atoms with van der Waals surface area (Å²) in [6.07, 6.45) is 3.71. The molecule has 2 aromatic heterocycles. The molecule has 1 aromatic carbocycles. The van der Waals surface area contributed by atoms with Gasteiger partial charge >= 0.3 is 0 Å². The van der Waals surface area contributed by atoms with Gasteiger partial charge in [-0.1, -0.05) is 32.1 Å². The van der Waals surface area contributed by atoms with Gasteiger partial charge in [0, 0.05) is 17.6 Å². The Bertz CT molecular complexity index is 992. The van der Waals surface area contributed by atoms with E-state index in [9.17, 15) is 0 Å². The third kappa shape index (κ3) is 3.77. The van der Waals surface area contributed by atoms with E-state index in [1.54, 1.807) is 0 Å². The number of rotatable bonds is 7. The van der Waals surface area contributed by atoms with E-state index in [-0.39, 0.29) is 0 Å². The van der Waals surface area contributed by atoms with Gasteiger partial charge in [0.1, 0.15) is 5.82 Å². The summed E-state index contributed by atoms with van der Waals surface area (Å²) in [6.45, 7) is 10.5. The maximum atomic E-state index is 4.76. The number of anilines is 1. The van der Waals surface area contributed by atoms with Crippen LogP contribution in [0.3, 0.4) is 0 Å². The van der Waals surface area contributed by atoms with Crippen LogP contribution < -0.4 is 4.90 Å². The molecular weight excluding hydrogens is 416 g/mol. The molecule has 0 atom stereocenters. The van der Waals surface area contributed by atoms with E-state index < -0.39 is 0 Å². The van der Waals surface area contributed by atoms with Crippen molar-refractivity contribution in [1.29, 1.82) is 0 Å². The van der Waals surface area contributed by atoms with Gasteiger partial charge in [0.2, 0.25) is 0 Å². The van der Waals surface area contributed by atoms with E-state index >= 15 is 0 Å². The average Bonchev–Trinajstić information content (AvgIpc) is 3.38. The molecule has 4 rings (SSSR count). The lowest BCUT2D eigenvalue weighted by Crippen LogP contribution is -2.28. The monoisotopic (exact) mass is 442 g/mol. The molecule has 148 valence electrons. The minimum Gasteiger partial charge on any atom is -0.354 e. The van der Waals surface area contributed by atoms with Gasteiger partial charge in [0.25, 0.3) is 0 Å². The maximum absolute atomic E-state index is 4.76. The maximum Gasteiger partial charge on any atom is 0.189 e. The highest BCUT2D eigenvalue weighted by Gasteiger charge is 2.27. The van der Waals surface area contributed by atoms with Crippen LogP contribution in [-0.4, -0.2) is 38.1 Å². The summed E-state index contributed by atoms with van der Waals surface area (Å²) in [6, 6.07) is 6.38. The molecule has 28 heavy (non-hydrogen) atoms. The average molecular weight is 443 g/mol. The van der Waals surface area contributed by atoms with Crippen molar-refractivity contribution in [3.8, 4) is 5.69 Å². The highest BCUT2D eigenvalue weighted by Crippen LogP contribution is 2.33. The van der Waals surface area contributed by atoms with Gasteiger partial charge < -0.3 is 4.90 Å². The lowest BCUT2D eigenvalue weighted by Gasteiger charge is -2.23. The van der Waals surface area contributed by atoms with Crippen molar-refractivity contribution in [2.45, 2.75) is 52.9 Å². The Kier molecular flexibility index (Phi) is 5.36. The second kappa shape index (κ2) is 7.78. The number of nitrogens with zero attached hydrogens (tertiary/aromatic N) is 6. The molecule has 0 amide bonds. The van der Waals surface area contributed by atoms with Crippen molar-refractivity contribution in [3.63, 3.8) is 0 Å². The predicted molar refractivity (Wildman–Crippen MR) is 116 cm³/mol. The smallest absolute Gasteiger partial charge is 0.189 e. The summed E-state index contributed by atoms with van der Waals surface area (Å²) < 4.78 is 2.81. The first-order valence-corrected chi connectivity index (χ1v) is 10.9. The quantitative estimate of drug-likeness (QED) is 0.513. The zero-order valence-corrected chi connectivity index (χ0v) is 18.6. The molecule has 0 saturated heterocycles. The predicted octanol–water partition coefficient (Wildman–Crippen LogP) is 5.03. The number of halogens is 1. The first kappa shape index (κ1) is 19.3. The first-order chi connectivity index (χ1) is 13.5. The Hall–Kier alpha value is -2.02. The van der Waals surface area contributed by atoms with Crippen LogP contribution in [-0.2, 0) is 0 Å². The molecule has 0 spiro atoms. The lowest BCUT2D eigenvalue weighted by molar-refractivity contribution is 0.699. The van der Waals surface area contributed by atoms with Crippen LogP contribution in [0.15, 0.2) is 22.7 Å².